The van der Waals surface area contributed by atoms with Crippen molar-refractivity contribution in [2.24, 2.45) is 10.4 Å². The largest absolute Gasteiger partial charge is 0.355 e. The lowest BCUT2D eigenvalue weighted by Gasteiger charge is -2.31. The van der Waals surface area contributed by atoms with Crippen molar-refractivity contribution in [3.05, 3.63) is 29.8 Å². The number of benzene rings is 1. The Hall–Kier alpha value is -1.69. The molecule has 6 heteroatoms. The zero-order valence-corrected chi connectivity index (χ0v) is 16.6. The molecule has 0 atom stereocenters. The Bertz CT molecular complexity index is 592. The number of amides is 1. The third-order valence-corrected chi connectivity index (χ3v) is 5.60. The number of nitrogens with one attached hydrogen (secondary N) is 2. The fraction of sp³-hybridized carbons (Fsp3) is 0.579. The van der Waals surface area contributed by atoms with Gasteiger partial charge in [-0.3, -0.25) is 9.79 Å². The van der Waals surface area contributed by atoms with E-state index in [1.165, 1.54) is 10.5 Å². The second-order valence-electron chi connectivity index (χ2n) is 6.81. The summed E-state index contributed by atoms with van der Waals surface area (Å²) in [5, 5.41) is 6.71. The van der Waals surface area contributed by atoms with Gasteiger partial charge in [0, 0.05) is 39.1 Å². The van der Waals surface area contributed by atoms with E-state index >= 15 is 0 Å². The van der Waals surface area contributed by atoms with E-state index in [2.05, 4.69) is 46.1 Å². The van der Waals surface area contributed by atoms with Crippen LogP contribution in [-0.4, -0.2) is 50.7 Å². The van der Waals surface area contributed by atoms with Crippen molar-refractivity contribution in [1.29, 1.82) is 0 Å². The van der Waals surface area contributed by atoms with E-state index in [0.29, 0.717) is 13.1 Å². The SMILES string of the molecule is CN=C(NCc1ccc(SC)cc1)NCC1(C(=O)N(C)C)CCCC1. The molecule has 0 aromatic heterocycles. The number of rotatable bonds is 6. The van der Waals surface area contributed by atoms with Crippen molar-refractivity contribution < 1.29 is 4.79 Å². The molecule has 0 heterocycles. The van der Waals surface area contributed by atoms with Crippen LogP contribution in [0.4, 0.5) is 0 Å². The molecule has 2 N–H and O–H groups in total. The van der Waals surface area contributed by atoms with Gasteiger partial charge in [0.25, 0.3) is 0 Å². The summed E-state index contributed by atoms with van der Waals surface area (Å²) in [5.74, 6) is 0.965. The van der Waals surface area contributed by atoms with Crippen molar-refractivity contribution in [1.82, 2.24) is 15.5 Å². The average Bonchev–Trinajstić information content (AvgIpc) is 3.11. The summed E-state index contributed by atoms with van der Waals surface area (Å²) in [4.78, 5) is 19.9. The van der Waals surface area contributed by atoms with Crippen molar-refractivity contribution in [2.45, 2.75) is 37.1 Å². The monoisotopic (exact) mass is 362 g/mol. The maximum Gasteiger partial charge on any atom is 0.230 e. The molecule has 1 aliphatic rings. The zero-order chi connectivity index (χ0) is 18.3. The maximum atomic E-state index is 12.6. The van der Waals surface area contributed by atoms with Crippen LogP contribution in [0.2, 0.25) is 0 Å². The molecule has 1 saturated carbocycles. The number of hydrogen-bond donors (Lipinski definition) is 2. The van der Waals surface area contributed by atoms with Crippen LogP contribution in [0.15, 0.2) is 34.2 Å². The maximum absolute atomic E-state index is 12.6. The lowest BCUT2D eigenvalue weighted by molar-refractivity contribution is -0.138. The number of guanidine groups is 1. The smallest absolute Gasteiger partial charge is 0.230 e. The predicted octanol–water partition coefficient (Wildman–Crippen LogP) is 2.72. The summed E-state index contributed by atoms with van der Waals surface area (Å²) < 4.78 is 0. The van der Waals surface area contributed by atoms with E-state index < -0.39 is 0 Å². The molecule has 1 aromatic carbocycles. The second-order valence-corrected chi connectivity index (χ2v) is 7.69. The summed E-state index contributed by atoms with van der Waals surface area (Å²) in [5.41, 5.74) is 0.918. The Morgan fingerprint density at radius 1 is 1.20 bits per heavy atom. The Balaban J connectivity index is 1.91. The van der Waals surface area contributed by atoms with Crippen LogP contribution in [0.1, 0.15) is 31.2 Å². The molecule has 0 spiro atoms. The van der Waals surface area contributed by atoms with Crippen LogP contribution in [0, 0.1) is 5.41 Å². The van der Waals surface area contributed by atoms with Crippen molar-refractivity contribution in [3.8, 4) is 0 Å². The molecule has 138 valence electrons. The van der Waals surface area contributed by atoms with E-state index in [-0.39, 0.29) is 11.3 Å². The van der Waals surface area contributed by atoms with Crippen LogP contribution in [0.5, 0.6) is 0 Å². The third kappa shape index (κ3) is 5.14. The summed E-state index contributed by atoms with van der Waals surface area (Å²) in [6.07, 6.45) is 6.21. The van der Waals surface area contributed by atoms with Gasteiger partial charge in [-0.1, -0.05) is 25.0 Å². The van der Waals surface area contributed by atoms with Gasteiger partial charge >= 0.3 is 0 Å². The van der Waals surface area contributed by atoms with Gasteiger partial charge in [-0.2, -0.15) is 0 Å². The molecular weight excluding hydrogens is 332 g/mol. The Morgan fingerprint density at radius 3 is 2.36 bits per heavy atom. The minimum Gasteiger partial charge on any atom is -0.355 e. The van der Waals surface area contributed by atoms with E-state index in [0.717, 1.165) is 31.6 Å². The van der Waals surface area contributed by atoms with E-state index in [1.54, 1.807) is 23.7 Å². The highest BCUT2D eigenvalue weighted by Crippen LogP contribution is 2.38. The lowest BCUT2D eigenvalue weighted by atomic mass is 9.84. The van der Waals surface area contributed by atoms with E-state index in [9.17, 15) is 4.79 Å². The molecule has 2 rings (SSSR count). The summed E-state index contributed by atoms with van der Waals surface area (Å²) >= 11 is 1.74. The number of aliphatic imine (C=N–C) groups is 1. The molecule has 0 aliphatic heterocycles. The number of carbonyl (C=O) groups is 1. The number of carbonyl (C=O) groups excluding carboxylic acids is 1. The minimum absolute atomic E-state index is 0.223. The first-order valence-electron chi connectivity index (χ1n) is 8.80. The summed E-state index contributed by atoms with van der Waals surface area (Å²) in [6, 6.07) is 8.50. The number of hydrogen-bond acceptors (Lipinski definition) is 3. The first-order valence-corrected chi connectivity index (χ1v) is 10.0. The quantitative estimate of drug-likeness (QED) is 0.464. The van der Waals surface area contributed by atoms with Gasteiger partial charge < -0.3 is 15.5 Å². The van der Waals surface area contributed by atoms with Gasteiger partial charge in [0.05, 0.1) is 5.41 Å². The van der Waals surface area contributed by atoms with Gasteiger partial charge in [0.2, 0.25) is 5.91 Å². The molecule has 1 aromatic rings. The third-order valence-electron chi connectivity index (χ3n) is 4.86. The zero-order valence-electron chi connectivity index (χ0n) is 15.8. The Labute approximate surface area is 155 Å². The fourth-order valence-electron chi connectivity index (χ4n) is 3.40. The highest BCUT2D eigenvalue weighted by atomic mass is 32.2. The standard InChI is InChI=1S/C19H30N4OS/c1-20-18(21-13-15-7-9-16(25-4)10-8-15)22-14-19(11-5-6-12-19)17(24)23(2)3/h7-10H,5-6,11-14H2,1-4H3,(H2,20,21,22). The van der Waals surface area contributed by atoms with Crippen molar-refractivity contribution in [2.75, 3.05) is 33.9 Å². The van der Waals surface area contributed by atoms with E-state index in [4.69, 9.17) is 0 Å². The topological polar surface area (TPSA) is 56.7 Å². The van der Waals surface area contributed by atoms with Gasteiger partial charge in [-0.15, -0.1) is 11.8 Å². The fourth-order valence-corrected chi connectivity index (χ4v) is 3.80. The second kappa shape index (κ2) is 9.13. The molecule has 0 bridgehead atoms. The van der Waals surface area contributed by atoms with Crippen LogP contribution in [0.3, 0.4) is 0 Å². The average molecular weight is 363 g/mol. The van der Waals surface area contributed by atoms with E-state index in [1.807, 2.05) is 14.1 Å². The normalized spacial score (nSPS) is 16.6. The highest BCUT2D eigenvalue weighted by molar-refractivity contribution is 7.98. The predicted molar refractivity (Wildman–Crippen MR) is 106 cm³/mol. The van der Waals surface area contributed by atoms with Crippen molar-refractivity contribution in [3.63, 3.8) is 0 Å². The number of thioether (sulfide) groups is 1. The minimum atomic E-state index is -0.291. The molecule has 1 aliphatic carbocycles. The Kier molecular flexibility index (Phi) is 7.17. The van der Waals surface area contributed by atoms with Crippen molar-refractivity contribution >= 4 is 23.6 Å². The molecular formula is C19H30N4OS. The summed E-state index contributed by atoms with van der Waals surface area (Å²) in [7, 11) is 5.45. The molecule has 0 unspecified atom stereocenters. The molecule has 0 radical (unpaired) electrons. The first-order chi connectivity index (χ1) is 12.0. The molecule has 25 heavy (non-hydrogen) atoms. The van der Waals surface area contributed by atoms with Gasteiger partial charge in [0.1, 0.15) is 0 Å². The summed E-state index contributed by atoms with van der Waals surface area (Å²) in [6.45, 7) is 1.35. The van der Waals surface area contributed by atoms with Crippen LogP contribution < -0.4 is 10.6 Å². The van der Waals surface area contributed by atoms with Crippen LogP contribution in [-0.2, 0) is 11.3 Å². The molecule has 0 saturated heterocycles. The van der Waals surface area contributed by atoms with Crippen LogP contribution >= 0.6 is 11.8 Å². The molecule has 1 fully saturated rings. The molecule has 5 nitrogen and oxygen atoms in total. The van der Waals surface area contributed by atoms with Crippen LogP contribution in [0.25, 0.3) is 0 Å². The van der Waals surface area contributed by atoms with Gasteiger partial charge in [-0.25, -0.2) is 0 Å². The molecule has 1 amide bonds. The lowest BCUT2D eigenvalue weighted by Crippen LogP contribution is -2.49. The van der Waals surface area contributed by atoms with Gasteiger partial charge in [0.15, 0.2) is 5.96 Å². The Morgan fingerprint density at radius 2 is 1.84 bits per heavy atom. The number of nitrogens with zero attached hydrogens (tertiary/aromatic N) is 2. The van der Waals surface area contributed by atoms with Gasteiger partial charge in [-0.05, 0) is 36.8 Å². The first kappa shape index (κ1) is 19.6. The highest BCUT2D eigenvalue weighted by Gasteiger charge is 2.42.